The summed E-state index contributed by atoms with van der Waals surface area (Å²) in [5, 5.41) is 6.85. The van der Waals surface area contributed by atoms with Crippen molar-refractivity contribution in [1.29, 1.82) is 0 Å². The molecule has 0 aliphatic carbocycles. The van der Waals surface area contributed by atoms with Gasteiger partial charge in [-0.25, -0.2) is 0 Å². The Morgan fingerprint density at radius 2 is 2.04 bits per heavy atom. The minimum Gasteiger partial charge on any atom is -0.381 e. The van der Waals surface area contributed by atoms with Gasteiger partial charge in [-0.15, -0.1) is 0 Å². The average molecular weight is 339 g/mol. The van der Waals surface area contributed by atoms with Crippen molar-refractivity contribution in [1.82, 2.24) is 0 Å². The quantitative estimate of drug-likeness (QED) is 0.557. The maximum atomic E-state index is 5.22. The van der Waals surface area contributed by atoms with Gasteiger partial charge in [0.2, 0.25) is 0 Å². The molecule has 0 bridgehead atoms. The highest BCUT2D eigenvalue weighted by molar-refractivity contribution is 5.94. The zero-order valence-corrected chi connectivity index (χ0v) is 15.9. The summed E-state index contributed by atoms with van der Waals surface area (Å²) < 4.78 is 5.22. The lowest BCUT2D eigenvalue weighted by Crippen LogP contribution is -2.27. The van der Waals surface area contributed by atoms with Crippen molar-refractivity contribution in [3.05, 3.63) is 53.6 Å². The molecule has 0 aromatic heterocycles. The highest BCUT2D eigenvalue weighted by Crippen LogP contribution is 2.34. The monoisotopic (exact) mass is 339 g/mol. The topological polar surface area (TPSA) is 45.7 Å². The predicted octanol–water partition coefficient (Wildman–Crippen LogP) is 4.74. The molecule has 1 aliphatic heterocycles. The molecule has 1 heterocycles. The first-order valence-electron chi connectivity index (χ1n) is 8.62. The summed E-state index contributed by atoms with van der Waals surface area (Å²) in [6, 6.07) is 6.36. The van der Waals surface area contributed by atoms with E-state index < -0.39 is 0 Å². The number of hydrogen-bond donors (Lipinski definition) is 2. The van der Waals surface area contributed by atoms with Gasteiger partial charge in [0.25, 0.3) is 0 Å². The normalized spacial score (nSPS) is 17.6. The van der Waals surface area contributed by atoms with E-state index in [-0.39, 0.29) is 6.17 Å². The molecule has 1 aliphatic rings. The Morgan fingerprint density at radius 3 is 2.68 bits per heavy atom. The maximum absolute atomic E-state index is 5.22. The number of anilines is 2. The summed E-state index contributed by atoms with van der Waals surface area (Å²) in [6.07, 6.45) is 6.09. The molecule has 0 fully saturated rings. The van der Waals surface area contributed by atoms with Crippen LogP contribution < -0.4 is 10.6 Å². The lowest BCUT2D eigenvalue weighted by molar-refractivity contribution is 0.193. The van der Waals surface area contributed by atoms with Crippen LogP contribution in [-0.2, 0) is 4.74 Å². The Balaban J connectivity index is 2.33. The zero-order valence-electron chi connectivity index (χ0n) is 15.9. The fourth-order valence-electron chi connectivity index (χ4n) is 2.68. The molecule has 134 valence electrons. The SMILES string of the molecule is C=C(/C=C(\C)C(C)C)/C(=C\C=NC)c1ccc2c(c1)NC(COC)N2. The first kappa shape index (κ1) is 19.0. The molecule has 1 aromatic carbocycles. The van der Waals surface area contributed by atoms with Crippen LogP contribution in [0, 0.1) is 5.92 Å². The largest absolute Gasteiger partial charge is 0.381 e. The van der Waals surface area contributed by atoms with Gasteiger partial charge in [-0.1, -0.05) is 38.1 Å². The molecule has 0 saturated heterocycles. The summed E-state index contributed by atoms with van der Waals surface area (Å²) in [5.41, 5.74) is 6.66. The summed E-state index contributed by atoms with van der Waals surface area (Å²) in [7, 11) is 3.48. The number of hydrogen-bond acceptors (Lipinski definition) is 4. The maximum Gasteiger partial charge on any atom is 0.121 e. The number of nitrogens with one attached hydrogen (secondary N) is 2. The fourth-order valence-corrected chi connectivity index (χ4v) is 2.68. The molecule has 1 unspecified atom stereocenters. The Bertz CT molecular complexity index is 714. The fraction of sp³-hybridized carbons (Fsp3) is 0.381. The van der Waals surface area contributed by atoms with E-state index in [1.165, 1.54) is 5.57 Å². The lowest BCUT2D eigenvalue weighted by Gasteiger charge is -2.12. The Morgan fingerprint density at radius 1 is 1.32 bits per heavy atom. The summed E-state index contributed by atoms with van der Waals surface area (Å²) >= 11 is 0. The van der Waals surface area contributed by atoms with Gasteiger partial charge in [0.05, 0.1) is 18.0 Å². The number of methoxy groups -OCH3 is 1. The van der Waals surface area contributed by atoms with Crippen molar-refractivity contribution in [2.24, 2.45) is 10.9 Å². The third-order valence-electron chi connectivity index (χ3n) is 4.37. The second-order valence-corrected chi connectivity index (χ2v) is 6.61. The smallest absolute Gasteiger partial charge is 0.121 e. The van der Waals surface area contributed by atoms with Crippen LogP contribution in [0.1, 0.15) is 26.3 Å². The molecule has 0 saturated carbocycles. The van der Waals surface area contributed by atoms with Crippen LogP contribution in [0.3, 0.4) is 0 Å². The number of fused-ring (bicyclic) bond motifs is 1. The first-order valence-corrected chi connectivity index (χ1v) is 8.62. The van der Waals surface area contributed by atoms with Crippen LogP contribution in [0.15, 0.2) is 53.1 Å². The van der Waals surface area contributed by atoms with E-state index >= 15 is 0 Å². The second kappa shape index (κ2) is 8.67. The number of benzene rings is 1. The molecule has 25 heavy (non-hydrogen) atoms. The standard InChI is InChI=1S/C21H29N3O/c1-14(2)15(3)11-16(4)18(9-10-22-5)17-7-8-19-20(12-17)24-21(23-19)13-25-6/h7-12,14,21,23-24H,4,13H2,1-3,5-6H3/b15-11+,18-9+,22-10?. The van der Waals surface area contributed by atoms with Crippen LogP contribution in [0.25, 0.3) is 5.57 Å². The zero-order chi connectivity index (χ0) is 18.4. The van der Waals surface area contributed by atoms with E-state index in [0.29, 0.717) is 12.5 Å². The number of rotatable bonds is 7. The van der Waals surface area contributed by atoms with Gasteiger partial charge in [0, 0.05) is 20.4 Å². The molecular weight excluding hydrogens is 310 g/mol. The van der Waals surface area contributed by atoms with Crippen molar-refractivity contribution in [2.45, 2.75) is 26.9 Å². The van der Waals surface area contributed by atoms with Gasteiger partial charge in [-0.3, -0.25) is 4.99 Å². The minimum atomic E-state index is 0.103. The van der Waals surface area contributed by atoms with Gasteiger partial charge < -0.3 is 15.4 Å². The van der Waals surface area contributed by atoms with Gasteiger partial charge in [-0.05, 0) is 47.8 Å². The third-order valence-corrected chi connectivity index (χ3v) is 4.37. The van der Waals surface area contributed by atoms with E-state index in [1.54, 1.807) is 14.2 Å². The summed E-state index contributed by atoms with van der Waals surface area (Å²) in [5.74, 6) is 0.499. The average Bonchev–Trinajstić information content (AvgIpc) is 2.97. The predicted molar refractivity (Wildman–Crippen MR) is 109 cm³/mol. The molecular formula is C21H29N3O. The molecule has 1 aromatic rings. The van der Waals surface area contributed by atoms with Crippen LogP contribution >= 0.6 is 0 Å². The number of aliphatic imine (C=N–C) groups is 1. The Labute approximate surface area is 151 Å². The lowest BCUT2D eigenvalue weighted by atomic mass is 9.94. The Kier molecular flexibility index (Phi) is 6.59. The third kappa shape index (κ3) is 4.83. The molecule has 1 atom stereocenters. The molecule has 0 amide bonds. The van der Waals surface area contributed by atoms with Gasteiger partial charge >= 0.3 is 0 Å². The van der Waals surface area contributed by atoms with Gasteiger partial charge in [-0.2, -0.15) is 0 Å². The second-order valence-electron chi connectivity index (χ2n) is 6.61. The number of allylic oxidation sites excluding steroid dienone is 5. The molecule has 0 spiro atoms. The van der Waals surface area contributed by atoms with E-state index in [4.69, 9.17) is 4.74 Å². The van der Waals surface area contributed by atoms with Crippen LogP contribution in [0.4, 0.5) is 11.4 Å². The molecule has 4 heteroatoms. The van der Waals surface area contributed by atoms with Crippen LogP contribution in [0.5, 0.6) is 0 Å². The Hall–Kier alpha value is -2.33. The minimum absolute atomic E-state index is 0.103. The van der Waals surface area contributed by atoms with Crippen molar-refractivity contribution < 1.29 is 4.74 Å². The van der Waals surface area contributed by atoms with E-state index in [1.807, 2.05) is 12.3 Å². The molecule has 4 nitrogen and oxygen atoms in total. The highest BCUT2D eigenvalue weighted by Gasteiger charge is 2.20. The molecule has 2 rings (SSSR count). The number of ether oxygens (including phenoxy) is 1. The molecule has 0 radical (unpaired) electrons. The summed E-state index contributed by atoms with van der Waals surface area (Å²) in [6.45, 7) is 11.4. The van der Waals surface area contributed by atoms with E-state index in [9.17, 15) is 0 Å². The number of nitrogens with zero attached hydrogens (tertiary/aromatic N) is 1. The van der Waals surface area contributed by atoms with Gasteiger partial charge in [0.1, 0.15) is 6.17 Å². The van der Waals surface area contributed by atoms with Crippen molar-refractivity contribution in [3.63, 3.8) is 0 Å². The van der Waals surface area contributed by atoms with E-state index in [0.717, 1.165) is 28.1 Å². The van der Waals surface area contributed by atoms with E-state index in [2.05, 4.69) is 67.3 Å². The first-order chi connectivity index (χ1) is 12.0. The summed E-state index contributed by atoms with van der Waals surface area (Å²) in [4.78, 5) is 4.10. The van der Waals surface area contributed by atoms with Crippen molar-refractivity contribution in [2.75, 3.05) is 31.4 Å². The highest BCUT2D eigenvalue weighted by atomic mass is 16.5. The molecule has 2 N–H and O–H groups in total. The van der Waals surface area contributed by atoms with Gasteiger partial charge in [0.15, 0.2) is 0 Å². The van der Waals surface area contributed by atoms with Crippen LogP contribution in [0.2, 0.25) is 0 Å². The van der Waals surface area contributed by atoms with Crippen molar-refractivity contribution >= 4 is 23.2 Å². The van der Waals surface area contributed by atoms with Crippen molar-refractivity contribution in [3.8, 4) is 0 Å². The van der Waals surface area contributed by atoms with Crippen LogP contribution in [-0.4, -0.2) is 33.1 Å².